The minimum atomic E-state index is 0.601. The largest absolute Gasteiger partial charge is 0.369 e. The van der Waals surface area contributed by atoms with Gasteiger partial charge < -0.3 is 5.32 Å². The zero-order chi connectivity index (χ0) is 13.7. The average Bonchev–Trinajstić information content (AvgIpc) is 2.93. The second-order valence-corrected chi connectivity index (χ2v) is 5.42. The maximum absolute atomic E-state index is 9.09. The highest BCUT2D eigenvalue weighted by Crippen LogP contribution is 2.28. The van der Waals surface area contributed by atoms with Crippen molar-refractivity contribution in [2.45, 2.75) is 26.7 Å². The monoisotopic (exact) mass is 271 g/mol. The van der Waals surface area contributed by atoms with E-state index in [0.717, 1.165) is 30.0 Å². The predicted molar refractivity (Wildman–Crippen MR) is 80.4 cm³/mol. The smallest absolute Gasteiger partial charge is 0.144 e. The number of rotatable bonds is 5. The molecule has 0 aromatic carbocycles. The SMILES string of the molecule is CCCNc1nc(-c2ccc(CC)s2)ccc1C#N. The molecule has 19 heavy (non-hydrogen) atoms. The summed E-state index contributed by atoms with van der Waals surface area (Å²) in [5.74, 6) is 0.688. The quantitative estimate of drug-likeness (QED) is 0.892. The van der Waals surface area contributed by atoms with Gasteiger partial charge in [-0.1, -0.05) is 13.8 Å². The van der Waals surface area contributed by atoms with Gasteiger partial charge in [-0.25, -0.2) is 4.98 Å². The molecule has 0 saturated heterocycles. The second kappa shape index (κ2) is 6.35. The van der Waals surface area contributed by atoms with E-state index < -0.39 is 0 Å². The van der Waals surface area contributed by atoms with Crippen LogP contribution in [0.25, 0.3) is 10.6 Å². The van der Waals surface area contributed by atoms with E-state index in [9.17, 15) is 0 Å². The van der Waals surface area contributed by atoms with Gasteiger partial charge in [-0.05, 0) is 37.1 Å². The Bertz CT molecular complexity index is 596. The lowest BCUT2D eigenvalue weighted by Gasteiger charge is -2.07. The lowest BCUT2D eigenvalue weighted by Crippen LogP contribution is -2.04. The average molecular weight is 271 g/mol. The van der Waals surface area contributed by atoms with Crippen LogP contribution in [0.4, 0.5) is 5.82 Å². The van der Waals surface area contributed by atoms with Crippen LogP contribution >= 0.6 is 11.3 Å². The van der Waals surface area contributed by atoms with Crippen molar-refractivity contribution in [1.82, 2.24) is 4.98 Å². The van der Waals surface area contributed by atoms with E-state index in [4.69, 9.17) is 5.26 Å². The van der Waals surface area contributed by atoms with Crippen LogP contribution < -0.4 is 5.32 Å². The van der Waals surface area contributed by atoms with E-state index in [2.05, 4.69) is 42.4 Å². The van der Waals surface area contributed by atoms with Crippen LogP contribution in [-0.2, 0) is 6.42 Å². The summed E-state index contributed by atoms with van der Waals surface area (Å²) < 4.78 is 0. The highest BCUT2D eigenvalue weighted by Gasteiger charge is 2.08. The summed E-state index contributed by atoms with van der Waals surface area (Å²) in [7, 11) is 0. The molecule has 2 heterocycles. The van der Waals surface area contributed by atoms with Crippen LogP contribution in [0.5, 0.6) is 0 Å². The van der Waals surface area contributed by atoms with Crippen molar-refractivity contribution in [2.24, 2.45) is 0 Å². The number of nitriles is 1. The van der Waals surface area contributed by atoms with E-state index >= 15 is 0 Å². The number of hydrogen-bond acceptors (Lipinski definition) is 4. The lowest BCUT2D eigenvalue weighted by atomic mass is 10.2. The molecular weight excluding hydrogens is 254 g/mol. The number of aromatic nitrogens is 1. The highest BCUT2D eigenvalue weighted by atomic mass is 32.1. The summed E-state index contributed by atoms with van der Waals surface area (Å²) >= 11 is 1.76. The van der Waals surface area contributed by atoms with Crippen LogP contribution in [0.1, 0.15) is 30.7 Å². The van der Waals surface area contributed by atoms with Crippen LogP contribution in [0.15, 0.2) is 24.3 Å². The number of nitrogens with one attached hydrogen (secondary N) is 1. The molecule has 0 radical (unpaired) electrons. The molecule has 0 amide bonds. The van der Waals surface area contributed by atoms with Crippen molar-refractivity contribution in [3.8, 4) is 16.6 Å². The fourth-order valence-electron chi connectivity index (χ4n) is 1.77. The van der Waals surface area contributed by atoms with Gasteiger partial charge in [-0.2, -0.15) is 5.26 Å². The molecule has 2 rings (SSSR count). The van der Waals surface area contributed by atoms with Gasteiger partial charge >= 0.3 is 0 Å². The molecular formula is C15H17N3S. The molecule has 0 aliphatic rings. The molecule has 4 heteroatoms. The van der Waals surface area contributed by atoms with Gasteiger partial charge in [-0.3, -0.25) is 0 Å². The molecule has 0 fully saturated rings. The summed E-state index contributed by atoms with van der Waals surface area (Å²) in [6.45, 7) is 5.07. The van der Waals surface area contributed by atoms with E-state index in [0.29, 0.717) is 11.4 Å². The molecule has 1 N–H and O–H groups in total. The molecule has 0 unspecified atom stereocenters. The maximum atomic E-state index is 9.09. The Hall–Kier alpha value is -1.86. The summed E-state index contributed by atoms with van der Waals surface area (Å²) in [4.78, 5) is 7.08. The standard InChI is InChI=1S/C15H17N3S/c1-3-9-17-15-11(10-16)5-7-13(18-15)14-8-6-12(4-2)19-14/h5-8H,3-4,9H2,1-2H3,(H,17,18). The van der Waals surface area contributed by atoms with Crippen LogP contribution in [-0.4, -0.2) is 11.5 Å². The van der Waals surface area contributed by atoms with E-state index in [1.54, 1.807) is 11.3 Å². The summed E-state index contributed by atoms with van der Waals surface area (Å²) in [6.07, 6.45) is 2.05. The molecule has 2 aromatic rings. The number of nitrogens with zero attached hydrogens (tertiary/aromatic N) is 2. The Morgan fingerprint density at radius 3 is 2.74 bits per heavy atom. The van der Waals surface area contributed by atoms with Crippen molar-refractivity contribution in [1.29, 1.82) is 5.26 Å². The second-order valence-electron chi connectivity index (χ2n) is 4.25. The number of thiophene rings is 1. The summed E-state index contributed by atoms with van der Waals surface area (Å²) in [5.41, 5.74) is 1.53. The summed E-state index contributed by atoms with van der Waals surface area (Å²) in [5, 5.41) is 12.3. The highest BCUT2D eigenvalue weighted by molar-refractivity contribution is 7.15. The Morgan fingerprint density at radius 2 is 2.11 bits per heavy atom. The number of aryl methyl sites for hydroxylation is 1. The number of pyridine rings is 1. The van der Waals surface area contributed by atoms with Crippen molar-refractivity contribution in [3.63, 3.8) is 0 Å². The van der Waals surface area contributed by atoms with Crippen LogP contribution in [0.2, 0.25) is 0 Å². The zero-order valence-electron chi connectivity index (χ0n) is 11.2. The van der Waals surface area contributed by atoms with Gasteiger partial charge in [0.25, 0.3) is 0 Å². The predicted octanol–water partition coefficient (Wildman–Crippen LogP) is 4.07. The normalized spacial score (nSPS) is 10.2. The van der Waals surface area contributed by atoms with Crippen molar-refractivity contribution in [3.05, 3.63) is 34.7 Å². The third-order valence-corrected chi connectivity index (χ3v) is 4.07. The first-order valence-corrected chi connectivity index (χ1v) is 7.34. The van der Waals surface area contributed by atoms with Crippen molar-refractivity contribution < 1.29 is 0 Å². The van der Waals surface area contributed by atoms with E-state index in [-0.39, 0.29) is 0 Å². The van der Waals surface area contributed by atoms with E-state index in [1.807, 2.05) is 12.1 Å². The van der Waals surface area contributed by atoms with Crippen LogP contribution in [0.3, 0.4) is 0 Å². The topological polar surface area (TPSA) is 48.7 Å². The van der Waals surface area contributed by atoms with Gasteiger partial charge in [0.05, 0.1) is 16.1 Å². The van der Waals surface area contributed by atoms with Crippen LogP contribution in [0, 0.1) is 11.3 Å². The Kier molecular flexibility index (Phi) is 4.53. The molecule has 0 bridgehead atoms. The van der Waals surface area contributed by atoms with Gasteiger partial charge in [0, 0.05) is 11.4 Å². The minimum absolute atomic E-state index is 0.601. The first kappa shape index (κ1) is 13.6. The molecule has 0 saturated carbocycles. The Labute approximate surface area is 117 Å². The number of hydrogen-bond donors (Lipinski definition) is 1. The molecule has 3 nitrogen and oxygen atoms in total. The molecule has 0 atom stereocenters. The van der Waals surface area contributed by atoms with Gasteiger partial charge in [-0.15, -0.1) is 11.3 Å². The third kappa shape index (κ3) is 3.12. The molecule has 2 aromatic heterocycles. The van der Waals surface area contributed by atoms with Crippen molar-refractivity contribution >= 4 is 17.2 Å². The fourth-order valence-corrected chi connectivity index (χ4v) is 2.69. The number of anilines is 1. The molecule has 0 aliphatic heterocycles. The first-order valence-electron chi connectivity index (χ1n) is 6.52. The Morgan fingerprint density at radius 1 is 1.26 bits per heavy atom. The van der Waals surface area contributed by atoms with Gasteiger partial charge in [0.1, 0.15) is 11.9 Å². The minimum Gasteiger partial charge on any atom is -0.369 e. The first-order chi connectivity index (χ1) is 9.28. The van der Waals surface area contributed by atoms with E-state index in [1.165, 1.54) is 4.88 Å². The third-order valence-electron chi connectivity index (χ3n) is 2.82. The molecule has 98 valence electrons. The maximum Gasteiger partial charge on any atom is 0.144 e. The molecule has 0 aliphatic carbocycles. The Balaban J connectivity index is 2.34. The lowest BCUT2D eigenvalue weighted by molar-refractivity contribution is 0.968. The van der Waals surface area contributed by atoms with Gasteiger partial charge in [0.2, 0.25) is 0 Å². The van der Waals surface area contributed by atoms with Gasteiger partial charge in [0.15, 0.2) is 0 Å². The molecule has 0 spiro atoms. The summed E-state index contributed by atoms with van der Waals surface area (Å²) in [6, 6.07) is 10.2. The zero-order valence-corrected chi connectivity index (χ0v) is 12.0. The van der Waals surface area contributed by atoms with Crippen molar-refractivity contribution in [2.75, 3.05) is 11.9 Å². The fraction of sp³-hybridized carbons (Fsp3) is 0.333.